The lowest BCUT2D eigenvalue weighted by Crippen LogP contribution is -2.31. The Labute approximate surface area is 185 Å². The molecule has 0 spiro atoms. The zero-order chi connectivity index (χ0) is 20.9. The molecule has 4 aromatic rings. The van der Waals surface area contributed by atoms with Gasteiger partial charge in [-0.25, -0.2) is 0 Å². The number of nitrogens with zero attached hydrogens (tertiary/aromatic N) is 1. The molecule has 0 atom stereocenters. The van der Waals surface area contributed by atoms with E-state index in [1.807, 2.05) is 53.2 Å². The average Bonchev–Trinajstić information content (AvgIpc) is 3.10. The van der Waals surface area contributed by atoms with E-state index in [0.717, 1.165) is 27.6 Å². The second-order valence-corrected chi connectivity index (χ2v) is 9.43. The largest absolute Gasteiger partial charge is 0.392 e. The minimum absolute atomic E-state index is 0.0255. The normalized spacial score (nSPS) is 10.8. The van der Waals surface area contributed by atoms with Gasteiger partial charge in [-0.15, -0.1) is 23.1 Å². The highest BCUT2D eigenvalue weighted by molar-refractivity contribution is 8.01. The molecule has 150 valence electrons. The van der Waals surface area contributed by atoms with Gasteiger partial charge >= 0.3 is 0 Å². The summed E-state index contributed by atoms with van der Waals surface area (Å²) in [5.41, 5.74) is 11.1. The third kappa shape index (κ3) is 4.48. The summed E-state index contributed by atoms with van der Waals surface area (Å²) in [6.45, 7) is 2.05. The molecule has 0 unspecified atom stereocenters. The smallest absolute Gasteiger partial charge is 0.259 e. The van der Waals surface area contributed by atoms with Gasteiger partial charge in [-0.3, -0.25) is 4.79 Å². The monoisotopic (exact) mass is 431 g/mol. The molecule has 0 aliphatic carbocycles. The molecular formula is C25H23N2OS2+. The fraction of sp³-hybridized carbons (Fsp3) is 0.120. The van der Waals surface area contributed by atoms with Crippen molar-refractivity contribution in [3.8, 4) is 5.69 Å². The van der Waals surface area contributed by atoms with E-state index in [4.69, 9.17) is 5.73 Å². The average molecular weight is 432 g/mol. The third-order valence-electron chi connectivity index (χ3n) is 4.80. The van der Waals surface area contributed by atoms with Crippen LogP contribution in [0, 0.1) is 6.92 Å². The number of ketones is 1. The second kappa shape index (κ2) is 9.28. The predicted octanol–water partition coefficient (Wildman–Crippen LogP) is 5.48. The van der Waals surface area contributed by atoms with Crippen molar-refractivity contribution in [2.75, 3.05) is 11.5 Å². The van der Waals surface area contributed by atoms with E-state index >= 15 is 0 Å². The summed E-state index contributed by atoms with van der Waals surface area (Å²) in [5.74, 6) is 0.894. The quantitative estimate of drug-likeness (QED) is 0.239. The fourth-order valence-corrected chi connectivity index (χ4v) is 5.81. The molecule has 2 heterocycles. The number of thiophene rings is 1. The minimum atomic E-state index is -0.0255. The number of benzene rings is 2. The van der Waals surface area contributed by atoms with Crippen LogP contribution in [0.5, 0.6) is 0 Å². The van der Waals surface area contributed by atoms with E-state index in [0.29, 0.717) is 16.1 Å². The number of carbonyl (C=O) groups is 1. The maximum absolute atomic E-state index is 13.1. The number of hydrogen-bond acceptors (Lipinski definition) is 4. The van der Waals surface area contributed by atoms with E-state index < -0.39 is 0 Å². The van der Waals surface area contributed by atoms with Crippen LogP contribution in [0.4, 0.5) is 5.69 Å². The Balaban J connectivity index is 1.69. The van der Waals surface area contributed by atoms with Crippen LogP contribution < -0.4 is 10.3 Å². The predicted molar refractivity (Wildman–Crippen MR) is 126 cm³/mol. The van der Waals surface area contributed by atoms with Gasteiger partial charge in [-0.1, -0.05) is 60.7 Å². The number of aryl methyl sites for hydroxylation is 2. The molecule has 0 radical (unpaired) electrons. The molecule has 0 fully saturated rings. The molecule has 30 heavy (non-hydrogen) atoms. The standard InChI is InChI=1S/C25H22N2OS2/c1-18-9-8-15-27(17-18)22-21(26)24(23(28)20-12-6-3-7-13-20)30-25(22)29-16-14-19-10-4-2-5-11-19/h2-13,15,17H,14,16H2,1H3,(H-,26,28)/p+1. The number of carbonyl (C=O) groups excluding carboxylic acids is 1. The minimum Gasteiger partial charge on any atom is -0.392 e. The highest BCUT2D eigenvalue weighted by Crippen LogP contribution is 2.39. The summed E-state index contributed by atoms with van der Waals surface area (Å²) in [4.78, 5) is 13.7. The molecule has 2 N–H and O–H groups in total. The first kappa shape index (κ1) is 20.4. The molecular weight excluding hydrogens is 408 g/mol. The summed E-state index contributed by atoms with van der Waals surface area (Å²) < 4.78 is 3.10. The number of thioether (sulfide) groups is 1. The van der Waals surface area contributed by atoms with Gasteiger partial charge in [0.2, 0.25) is 5.78 Å². The Morgan fingerprint density at radius 1 is 1.00 bits per heavy atom. The van der Waals surface area contributed by atoms with Crippen LogP contribution in [0.2, 0.25) is 0 Å². The highest BCUT2D eigenvalue weighted by atomic mass is 32.2. The second-order valence-electron chi connectivity index (χ2n) is 7.05. The van der Waals surface area contributed by atoms with Crippen molar-refractivity contribution in [1.82, 2.24) is 0 Å². The number of rotatable bonds is 7. The highest BCUT2D eigenvalue weighted by Gasteiger charge is 2.28. The topological polar surface area (TPSA) is 47.0 Å². The van der Waals surface area contributed by atoms with Gasteiger partial charge in [0, 0.05) is 22.9 Å². The summed E-state index contributed by atoms with van der Waals surface area (Å²) in [7, 11) is 0. The number of aromatic nitrogens is 1. The summed E-state index contributed by atoms with van der Waals surface area (Å²) in [6, 6.07) is 23.8. The Hall–Kier alpha value is -2.89. The van der Waals surface area contributed by atoms with Crippen LogP contribution in [-0.2, 0) is 6.42 Å². The zero-order valence-electron chi connectivity index (χ0n) is 16.7. The number of hydrogen-bond donors (Lipinski definition) is 1. The number of nitrogens with two attached hydrogens (primary N) is 1. The first-order valence-electron chi connectivity index (χ1n) is 9.80. The van der Waals surface area contributed by atoms with Crippen LogP contribution in [0.15, 0.2) is 89.4 Å². The van der Waals surface area contributed by atoms with Crippen molar-refractivity contribution in [2.45, 2.75) is 17.6 Å². The number of nitrogen functional groups attached to an aromatic ring is 1. The van der Waals surface area contributed by atoms with Gasteiger partial charge in [-0.05, 0) is 25.0 Å². The molecule has 0 amide bonds. The molecule has 4 rings (SSSR count). The van der Waals surface area contributed by atoms with Crippen molar-refractivity contribution in [3.05, 3.63) is 107 Å². The Morgan fingerprint density at radius 3 is 2.40 bits per heavy atom. The first-order valence-corrected chi connectivity index (χ1v) is 11.6. The van der Waals surface area contributed by atoms with Gasteiger partial charge in [-0.2, -0.15) is 4.57 Å². The molecule has 5 heteroatoms. The Kier molecular flexibility index (Phi) is 6.31. The molecule has 2 aromatic carbocycles. The molecule has 0 saturated heterocycles. The van der Waals surface area contributed by atoms with Crippen molar-refractivity contribution >= 4 is 34.6 Å². The Morgan fingerprint density at radius 2 is 1.70 bits per heavy atom. The molecule has 0 aliphatic heterocycles. The van der Waals surface area contributed by atoms with Crippen LogP contribution in [-0.4, -0.2) is 11.5 Å². The third-order valence-corrected chi connectivity index (χ3v) is 7.26. The molecule has 2 aromatic heterocycles. The molecule has 0 saturated carbocycles. The lowest BCUT2D eigenvalue weighted by molar-refractivity contribution is -0.597. The SMILES string of the molecule is Cc1ccc[n+](-c2c(SCCc3ccccc3)sc(C(=O)c3ccccc3)c2N)c1. The van der Waals surface area contributed by atoms with E-state index in [1.54, 1.807) is 11.8 Å². The summed E-state index contributed by atoms with van der Waals surface area (Å²) >= 11 is 3.25. The summed E-state index contributed by atoms with van der Waals surface area (Å²) in [6.07, 6.45) is 5.00. The van der Waals surface area contributed by atoms with E-state index in [-0.39, 0.29) is 5.78 Å². The van der Waals surface area contributed by atoms with Crippen LogP contribution >= 0.6 is 23.1 Å². The van der Waals surface area contributed by atoms with Crippen molar-refractivity contribution in [3.63, 3.8) is 0 Å². The van der Waals surface area contributed by atoms with E-state index in [1.165, 1.54) is 16.9 Å². The lowest BCUT2D eigenvalue weighted by atomic mass is 10.1. The van der Waals surface area contributed by atoms with Crippen LogP contribution in [0.1, 0.15) is 26.4 Å². The van der Waals surface area contributed by atoms with Crippen molar-refractivity contribution < 1.29 is 9.36 Å². The van der Waals surface area contributed by atoms with Crippen LogP contribution in [0.3, 0.4) is 0 Å². The number of pyridine rings is 1. The van der Waals surface area contributed by atoms with Gasteiger partial charge in [0.25, 0.3) is 5.69 Å². The van der Waals surface area contributed by atoms with E-state index in [9.17, 15) is 4.79 Å². The molecule has 0 aliphatic rings. The van der Waals surface area contributed by atoms with Gasteiger partial charge < -0.3 is 5.73 Å². The lowest BCUT2D eigenvalue weighted by Gasteiger charge is -2.02. The molecule has 0 bridgehead atoms. The van der Waals surface area contributed by atoms with Gasteiger partial charge in [0.1, 0.15) is 14.8 Å². The van der Waals surface area contributed by atoms with E-state index in [2.05, 4.69) is 43.5 Å². The van der Waals surface area contributed by atoms with Gasteiger partial charge in [0.05, 0.1) is 0 Å². The van der Waals surface area contributed by atoms with Gasteiger partial charge in [0.15, 0.2) is 12.4 Å². The maximum atomic E-state index is 13.1. The fourth-order valence-electron chi connectivity index (χ4n) is 3.28. The zero-order valence-corrected chi connectivity index (χ0v) is 18.4. The van der Waals surface area contributed by atoms with Crippen molar-refractivity contribution in [2.24, 2.45) is 0 Å². The van der Waals surface area contributed by atoms with Crippen LogP contribution in [0.25, 0.3) is 5.69 Å². The maximum Gasteiger partial charge on any atom is 0.259 e. The van der Waals surface area contributed by atoms with Crippen molar-refractivity contribution in [1.29, 1.82) is 0 Å². The molecule has 3 nitrogen and oxygen atoms in total. The summed E-state index contributed by atoms with van der Waals surface area (Å²) in [5, 5.41) is 0. The Bertz CT molecular complexity index is 1150. The number of anilines is 1. The first-order chi connectivity index (χ1) is 14.6.